The van der Waals surface area contributed by atoms with Crippen LogP contribution >= 0.6 is 0 Å². The van der Waals surface area contributed by atoms with Crippen molar-refractivity contribution in [2.45, 2.75) is 6.61 Å². The maximum Gasteiger partial charge on any atom is 0.387 e. The van der Waals surface area contributed by atoms with Crippen molar-refractivity contribution in [2.24, 2.45) is 0 Å². The molecule has 0 spiro atoms. The number of Topliss-reactive ketones (excluding diaryl/α,β-unsaturated/α-hetero) is 1. The van der Waals surface area contributed by atoms with E-state index < -0.39 is 12.4 Å². The molecule has 0 radical (unpaired) electrons. The summed E-state index contributed by atoms with van der Waals surface area (Å²) < 4.78 is 35.5. The standard InChI is InChI=1S/C22H15F2NO3/c1-27-19-9-5-4-8-17(19)21(26)15(13-25)12-18-16-7-3-2-6-14(16)10-11-20(18)28-22(23)24/h2-12,22H,1H3/b15-12+. The molecule has 3 rings (SSSR count). The molecule has 0 amide bonds. The Morgan fingerprint density at radius 3 is 2.46 bits per heavy atom. The monoisotopic (exact) mass is 379 g/mol. The lowest BCUT2D eigenvalue weighted by molar-refractivity contribution is -0.0498. The van der Waals surface area contributed by atoms with E-state index >= 15 is 0 Å². The minimum absolute atomic E-state index is 0.116. The summed E-state index contributed by atoms with van der Waals surface area (Å²) in [4.78, 5) is 12.9. The first-order chi connectivity index (χ1) is 13.5. The molecule has 0 saturated carbocycles. The fraction of sp³-hybridized carbons (Fsp3) is 0.0909. The molecule has 0 fully saturated rings. The van der Waals surface area contributed by atoms with Gasteiger partial charge in [-0.05, 0) is 35.0 Å². The summed E-state index contributed by atoms with van der Waals surface area (Å²) in [5.74, 6) is -0.374. The molecule has 3 aromatic rings. The quantitative estimate of drug-likeness (QED) is 0.334. The second kappa shape index (κ2) is 8.31. The molecule has 0 saturated heterocycles. The van der Waals surface area contributed by atoms with Crippen LogP contribution < -0.4 is 9.47 Å². The largest absolute Gasteiger partial charge is 0.496 e. The zero-order valence-electron chi connectivity index (χ0n) is 14.9. The fourth-order valence-corrected chi connectivity index (χ4v) is 2.89. The van der Waals surface area contributed by atoms with Crippen LogP contribution in [0.15, 0.2) is 66.2 Å². The van der Waals surface area contributed by atoms with Crippen molar-refractivity contribution >= 4 is 22.6 Å². The first-order valence-corrected chi connectivity index (χ1v) is 8.31. The van der Waals surface area contributed by atoms with E-state index in [0.717, 1.165) is 5.39 Å². The average Bonchev–Trinajstić information content (AvgIpc) is 2.72. The zero-order chi connectivity index (χ0) is 20.1. The number of hydrogen-bond acceptors (Lipinski definition) is 4. The molecule has 0 atom stereocenters. The van der Waals surface area contributed by atoms with Gasteiger partial charge in [-0.3, -0.25) is 4.79 Å². The lowest BCUT2D eigenvalue weighted by Crippen LogP contribution is -2.06. The predicted octanol–water partition coefficient (Wildman–Crippen LogP) is 5.24. The Bertz CT molecular complexity index is 1100. The van der Waals surface area contributed by atoms with E-state index in [-0.39, 0.29) is 22.4 Å². The molecule has 0 aliphatic rings. The molecule has 0 aromatic heterocycles. The van der Waals surface area contributed by atoms with Gasteiger partial charge in [0.05, 0.1) is 12.7 Å². The number of ketones is 1. The van der Waals surface area contributed by atoms with Crippen LogP contribution in [0.5, 0.6) is 11.5 Å². The van der Waals surface area contributed by atoms with Crippen LogP contribution in [0.3, 0.4) is 0 Å². The number of benzene rings is 3. The van der Waals surface area contributed by atoms with Gasteiger partial charge >= 0.3 is 6.61 Å². The minimum Gasteiger partial charge on any atom is -0.496 e. The van der Waals surface area contributed by atoms with Crippen molar-refractivity contribution < 1.29 is 23.0 Å². The number of nitriles is 1. The third-order valence-electron chi connectivity index (χ3n) is 4.15. The van der Waals surface area contributed by atoms with Crippen LogP contribution in [0.25, 0.3) is 16.8 Å². The van der Waals surface area contributed by atoms with Crippen molar-refractivity contribution in [1.29, 1.82) is 5.26 Å². The summed E-state index contributed by atoms with van der Waals surface area (Å²) in [6.45, 7) is -3.04. The SMILES string of the molecule is COc1ccccc1C(=O)/C(C#N)=C/c1c(OC(F)F)ccc2ccccc12. The van der Waals surface area contributed by atoms with Gasteiger partial charge < -0.3 is 9.47 Å². The number of ether oxygens (including phenoxy) is 2. The third kappa shape index (κ3) is 3.84. The summed E-state index contributed by atoms with van der Waals surface area (Å²) in [5, 5.41) is 10.9. The highest BCUT2D eigenvalue weighted by atomic mass is 19.3. The summed E-state index contributed by atoms with van der Waals surface area (Å²) in [5.41, 5.74) is 0.215. The zero-order valence-corrected chi connectivity index (χ0v) is 14.9. The van der Waals surface area contributed by atoms with Gasteiger partial charge in [-0.2, -0.15) is 14.0 Å². The average molecular weight is 379 g/mol. The van der Waals surface area contributed by atoms with Gasteiger partial charge in [-0.15, -0.1) is 0 Å². The van der Waals surface area contributed by atoms with Crippen LogP contribution in [0.2, 0.25) is 0 Å². The van der Waals surface area contributed by atoms with E-state index in [9.17, 15) is 18.8 Å². The van der Waals surface area contributed by atoms with Gasteiger partial charge in [-0.25, -0.2) is 0 Å². The van der Waals surface area contributed by atoms with Crippen molar-refractivity contribution in [3.05, 3.63) is 77.4 Å². The van der Waals surface area contributed by atoms with Crippen LogP contribution in [0.4, 0.5) is 8.78 Å². The summed E-state index contributed by atoms with van der Waals surface area (Å²) in [6, 6.07) is 18.4. The van der Waals surface area contributed by atoms with E-state index in [1.54, 1.807) is 48.5 Å². The molecule has 0 unspecified atom stereocenters. The fourth-order valence-electron chi connectivity index (χ4n) is 2.89. The van der Waals surface area contributed by atoms with Crippen LogP contribution in [-0.2, 0) is 0 Å². The number of fused-ring (bicyclic) bond motifs is 1. The second-order valence-corrected chi connectivity index (χ2v) is 5.78. The summed E-state index contributed by atoms with van der Waals surface area (Å²) in [7, 11) is 1.42. The van der Waals surface area contributed by atoms with Gasteiger partial charge in [0, 0.05) is 5.56 Å². The number of methoxy groups -OCH3 is 1. The molecule has 4 nitrogen and oxygen atoms in total. The number of rotatable bonds is 6. The number of halogens is 2. The predicted molar refractivity (Wildman–Crippen MR) is 101 cm³/mol. The Labute approximate surface area is 160 Å². The third-order valence-corrected chi connectivity index (χ3v) is 4.15. The van der Waals surface area contributed by atoms with Crippen LogP contribution in [0, 0.1) is 11.3 Å². The molecular weight excluding hydrogens is 364 g/mol. The van der Waals surface area contributed by atoms with Crippen LogP contribution in [-0.4, -0.2) is 19.5 Å². The van der Waals surface area contributed by atoms with E-state index in [1.165, 1.54) is 25.3 Å². The Morgan fingerprint density at radius 1 is 1.04 bits per heavy atom. The highest BCUT2D eigenvalue weighted by molar-refractivity contribution is 6.16. The molecule has 28 heavy (non-hydrogen) atoms. The van der Waals surface area contributed by atoms with Gasteiger partial charge in [0.1, 0.15) is 23.1 Å². The number of carbonyl (C=O) groups excluding carboxylic acids is 1. The normalized spacial score (nSPS) is 11.3. The molecule has 0 N–H and O–H groups in total. The Hall–Kier alpha value is -3.72. The number of carbonyl (C=O) groups is 1. The molecule has 0 aliphatic heterocycles. The first-order valence-electron chi connectivity index (χ1n) is 8.31. The van der Waals surface area contributed by atoms with Crippen LogP contribution in [0.1, 0.15) is 15.9 Å². The van der Waals surface area contributed by atoms with Crippen molar-refractivity contribution in [3.8, 4) is 17.6 Å². The van der Waals surface area contributed by atoms with E-state index in [0.29, 0.717) is 11.1 Å². The Kier molecular flexibility index (Phi) is 5.66. The maximum absolute atomic E-state index is 12.9. The van der Waals surface area contributed by atoms with Gasteiger partial charge in [0.2, 0.25) is 5.78 Å². The highest BCUT2D eigenvalue weighted by Crippen LogP contribution is 2.32. The minimum atomic E-state index is -3.04. The lowest BCUT2D eigenvalue weighted by Gasteiger charge is -2.12. The van der Waals surface area contributed by atoms with E-state index in [2.05, 4.69) is 4.74 Å². The highest BCUT2D eigenvalue weighted by Gasteiger charge is 2.19. The molecular formula is C22H15F2NO3. The van der Waals surface area contributed by atoms with Crippen molar-refractivity contribution in [3.63, 3.8) is 0 Å². The van der Waals surface area contributed by atoms with Crippen molar-refractivity contribution in [1.82, 2.24) is 0 Å². The topological polar surface area (TPSA) is 59.3 Å². The first kappa shape index (κ1) is 19.1. The number of hydrogen-bond donors (Lipinski definition) is 0. The summed E-state index contributed by atoms with van der Waals surface area (Å²) in [6.07, 6.45) is 1.27. The van der Waals surface area contributed by atoms with Crippen molar-refractivity contribution in [2.75, 3.05) is 7.11 Å². The summed E-state index contributed by atoms with van der Waals surface area (Å²) >= 11 is 0. The van der Waals surface area contributed by atoms with Gasteiger partial charge in [-0.1, -0.05) is 42.5 Å². The molecule has 0 bridgehead atoms. The number of alkyl halides is 2. The second-order valence-electron chi connectivity index (χ2n) is 5.78. The number of allylic oxidation sites excluding steroid dienone is 1. The number of nitrogens with zero attached hydrogens (tertiary/aromatic N) is 1. The number of para-hydroxylation sites is 1. The van der Waals surface area contributed by atoms with Gasteiger partial charge in [0.25, 0.3) is 0 Å². The molecule has 140 valence electrons. The maximum atomic E-state index is 12.9. The Morgan fingerprint density at radius 2 is 1.75 bits per heavy atom. The van der Waals surface area contributed by atoms with E-state index in [4.69, 9.17) is 4.74 Å². The molecule has 0 heterocycles. The van der Waals surface area contributed by atoms with Gasteiger partial charge in [0.15, 0.2) is 0 Å². The van der Waals surface area contributed by atoms with E-state index in [1.807, 2.05) is 6.07 Å². The smallest absolute Gasteiger partial charge is 0.387 e. The lowest BCUT2D eigenvalue weighted by atomic mass is 9.97. The molecule has 6 heteroatoms. The Balaban J connectivity index is 2.18. The molecule has 3 aromatic carbocycles. The molecule has 0 aliphatic carbocycles.